The predicted molar refractivity (Wildman–Crippen MR) is 69.3 cm³/mol. The topological polar surface area (TPSA) is 128 Å². The molecule has 0 fully saturated rings. The molecule has 0 spiro atoms. The zero-order valence-electron chi connectivity index (χ0n) is 10.4. The van der Waals surface area contributed by atoms with Crippen LogP contribution < -0.4 is 20.8 Å². The molecule has 0 aliphatic heterocycles. The molecule has 0 aliphatic carbocycles. The van der Waals surface area contributed by atoms with E-state index in [9.17, 15) is 9.59 Å². The van der Waals surface area contributed by atoms with Gasteiger partial charge in [-0.1, -0.05) is 0 Å². The van der Waals surface area contributed by atoms with Gasteiger partial charge in [0.15, 0.2) is 17.2 Å². The summed E-state index contributed by atoms with van der Waals surface area (Å²) in [6, 6.07) is 4.05. The van der Waals surface area contributed by atoms with Crippen LogP contribution >= 0.6 is 0 Å². The maximum atomic E-state index is 11.3. The van der Waals surface area contributed by atoms with Crippen molar-refractivity contribution in [3.63, 3.8) is 0 Å². The molecule has 0 saturated heterocycles. The van der Waals surface area contributed by atoms with Crippen molar-refractivity contribution in [2.75, 3.05) is 12.8 Å². The number of nitrogens with one attached hydrogen (secondary N) is 1. The van der Waals surface area contributed by atoms with Crippen LogP contribution in [0.15, 0.2) is 29.3 Å². The van der Waals surface area contributed by atoms with E-state index < -0.39 is 11.5 Å². The van der Waals surface area contributed by atoms with Crippen LogP contribution in [0.25, 0.3) is 0 Å². The highest BCUT2D eigenvalue weighted by Gasteiger charge is 2.14. The van der Waals surface area contributed by atoms with Gasteiger partial charge >= 0.3 is 5.97 Å². The summed E-state index contributed by atoms with van der Waals surface area (Å²) in [6.07, 6.45) is 1.13. The van der Waals surface area contributed by atoms with Crippen LogP contribution in [0, 0.1) is 0 Å². The molecule has 8 nitrogen and oxygen atoms in total. The van der Waals surface area contributed by atoms with Crippen molar-refractivity contribution in [2.24, 2.45) is 0 Å². The molecule has 104 valence electrons. The van der Waals surface area contributed by atoms with E-state index in [0.29, 0.717) is 0 Å². The van der Waals surface area contributed by atoms with E-state index in [1.165, 1.54) is 25.3 Å². The second kappa shape index (κ2) is 5.31. The van der Waals surface area contributed by atoms with Crippen molar-refractivity contribution in [3.05, 3.63) is 40.4 Å². The highest BCUT2D eigenvalue weighted by molar-refractivity contribution is 5.88. The second-order valence-corrected chi connectivity index (χ2v) is 3.72. The molecule has 0 atom stereocenters. The van der Waals surface area contributed by atoms with Gasteiger partial charge in [-0.15, -0.1) is 0 Å². The van der Waals surface area contributed by atoms with Crippen molar-refractivity contribution >= 4 is 11.7 Å². The van der Waals surface area contributed by atoms with Crippen LogP contribution in [0.3, 0.4) is 0 Å². The number of carboxylic acid groups (broad SMARTS) is 1. The number of carboxylic acids is 1. The molecule has 20 heavy (non-hydrogen) atoms. The lowest BCUT2D eigenvalue weighted by molar-refractivity contribution is 0.0696. The van der Waals surface area contributed by atoms with E-state index >= 15 is 0 Å². The molecule has 2 aromatic rings. The predicted octanol–water partition coefficient (Wildman–Crippen LogP) is 0.851. The zero-order valence-corrected chi connectivity index (χ0v) is 10.4. The fourth-order valence-corrected chi connectivity index (χ4v) is 1.47. The summed E-state index contributed by atoms with van der Waals surface area (Å²) in [6.45, 7) is 0. The number of H-pyrrole nitrogens is 1. The summed E-state index contributed by atoms with van der Waals surface area (Å²) in [5, 5.41) is 8.95. The molecule has 0 saturated carbocycles. The fraction of sp³-hybridized carbons (Fsp3) is 0.0833. The van der Waals surface area contributed by atoms with Gasteiger partial charge in [0.05, 0.1) is 19.0 Å². The van der Waals surface area contributed by atoms with Gasteiger partial charge in [-0.2, -0.15) is 0 Å². The van der Waals surface area contributed by atoms with Crippen LogP contribution in [0.4, 0.5) is 5.69 Å². The van der Waals surface area contributed by atoms with Gasteiger partial charge in [0.25, 0.3) is 5.56 Å². The normalized spacial score (nSPS) is 10.1. The summed E-state index contributed by atoms with van der Waals surface area (Å²) in [4.78, 5) is 28.3. The van der Waals surface area contributed by atoms with E-state index in [4.69, 9.17) is 20.3 Å². The number of aromatic carboxylic acids is 1. The van der Waals surface area contributed by atoms with Crippen molar-refractivity contribution in [3.8, 4) is 17.4 Å². The number of carbonyl (C=O) groups is 1. The molecular weight excluding hydrogens is 266 g/mol. The third kappa shape index (κ3) is 2.53. The molecule has 8 heteroatoms. The highest BCUT2D eigenvalue weighted by atomic mass is 16.5. The first kappa shape index (κ1) is 13.4. The molecule has 0 radical (unpaired) electrons. The number of nitrogens with two attached hydrogens (primary N) is 1. The van der Waals surface area contributed by atoms with E-state index in [1.54, 1.807) is 0 Å². The lowest BCUT2D eigenvalue weighted by atomic mass is 10.2. The Kier molecular flexibility index (Phi) is 3.56. The molecule has 4 N–H and O–H groups in total. The Hall–Kier alpha value is -3.03. The van der Waals surface area contributed by atoms with Crippen LogP contribution in [0.5, 0.6) is 17.4 Å². The molecule has 0 amide bonds. The van der Waals surface area contributed by atoms with Gasteiger partial charge in [-0.05, 0) is 18.2 Å². The van der Waals surface area contributed by atoms with Gasteiger partial charge < -0.3 is 25.3 Å². The Balaban J connectivity index is 2.46. The smallest absolute Gasteiger partial charge is 0.335 e. The van der Waals surface area contributed by atoms with Crippen molar-refractivity contribution in [1.82, 2.24) is 9.97 Å². The molecule has 1 aromatic heterocycles. The van der Waals surface area contributed by atoms with E-state index in [0.717, 1.165) is 6.33 Å². The maximum Gasteiger partial charge on any atom is 0.335 e. The number of methoxy groups -OCH3 is 1. The van der Waals surface area contributed by atoms with Crippen LogP contribution in [-0.2, 0) is 0 Å². The number of ether oxygens (including phenoxy) is 2. The Labute approximate surface area is 112 Å². The Morgan fingerprint density at radius 1 is 1.40 bits per heavy atom. The lowest BCUT2D eigenvalue weighted by Gasteiger charge is -2.11. The van der Waals surface area contributed by atoms with E-state index in [-0.39, 0.29) is 28.6 Å². The first-order chi connectivity index (χ1) is 9.52. The summed E-state index contributed by atoms with van der Waals surface area (Å²) in [5.74, 6) is -0.868. The lowest BCUT2D eigenvalue weighted by Crippen LogP contribution is -2.13. The first-order valence-electron chi connectivity index (χ1n) is 5.45. The minimum absolute atomic E-state index is 0.00390. The molecule has 0 bridgehead atoms. The molecule has 0 unspecified atom stereocenters. The first-order valence-corrected chi connectivity index (χ1v) is 5.45. The minimum Gasteiger partial charge on any atom is -0.493 e. The molecule has 2 rings (SSSR count). The number of nitrogens with zero attached hydrogens (tertiary/aromatic N) is 1. The number of rotatable bonds is 4. The minimum atomic E-state index is -1.12. The summed E-state index contributed by atoms with van der Waals surface area (Å²) < 4.78 is 10.4. The Morgan fingerprint density at radius 3 is 2.80 bits per heavy atom. The summed E-state index contributed by atoms with van der Waals surface area (Å²) in [5.41, 5.74) is 4.77. The second-order valence-electron chi connectivity index (χ2n) is 3.72. The van der Waals surface area contributed by atoms with E-state index in [1.807, 2.05) is 0 Å². The fourth-order valence-electron chi connectivity index (χ4n) is 1.47. The number of benzene rings is 1. The van der Waals surface area contributed by atoms with Gasteiger partial charge in [-0.3, -0.25) is 4.79 Å². The van der Waals surface area contributed by atoms with Gasteiger partial charge in [0, 0.05) is 0 Å². The average molecular weight is 277 g/mol. The summed E-state index contributed by atoms with van der Waals surface area (Å²) >= 11 is 0. The summed E-state index contributed by atoms with van der Waals surface area (Å²) in [7, 11) is 1.40. The third-order valence-corrected chi connectivity index (χ3v) is 2.47. The van der Waals surface area contributed by atoms with Gasteiger partial charge in [-0.25, -0.2) is 9.78 Å². The Bertz CT molecular complexity index is 710. The largest absolute Gasteiger partial charge is 0.493 e. The van der Waals surface area contributed by atoms with Crippen molar-refractivity contribution in [1.29, 1.82) is 0 Å². The standard InChI is InChI=1S/C12H11N3O5/c1-19-7-3-2-6(12(17)18)4-8(7)20-11-9(13)10(16)14-5-15-11/h2-5H,13H2,1H3,(H,17,18)(H,14,15,16). The van der Waals surface area contributed by atoms with E-state index in [2.05, 4.69) is 9.97 Å². The molecule has 1 aromatic carbocycles. The molecule has 1 heterocycles. The highest BCUT2D eigenvalue weighted by Crippen LogP contribution is 2.32. The van der Waals surface area contributed by atoms with Gasteiger partial charge in [0.2, 0.25) is 5.88 Å². The number of aromatic nitrogens is 2. The maximum absolute atomic E-state index is 11.3. The van der Waals surface area contributed by atoms with Crippen LogP contribution in [-0.4, -0.2) is 28.2 Å². The zero-order chi connectivity index (χ0) is 14.7. The number of anilines is 1. The monoisotopic (exact) mass is 277 g/mol. The van der Waals surface area contributed by atoms with Crippen LogP contribution in [0.1, 0.15) is 10.4 Å². The SMILES string of the molecule is COc1ccc(C(=O)O)cc1Oc1nc[nH]c(=O)c1N. The average Bonchev–Trinajstić information content (AvgIpc) is 2.43. The van der Waals surface area contributed by atoms with Crippen molar-refractivity contribution in [2.45, 2.75) is 0 Å². The third-order valence-electron chi connectivity index (χ3n) is 2.47. The number of aromatic amines is 1. The number of nitrogen functional groups attached to an aromatic ring is 1. The van der Waals surface area contributed by atoms with Crippen molar-refractivity contribution < 1.29 is 19.4 Å². The Morgan fingerprint density at radius 2 is 2.15 bits per heavy atom. The number of hydrogen-bond acceptors (Lipinski definition) is 6. The molecular formula is C12H11N3O5. The van der Waals surface area contributed by atoms with Crippen LogP contribution in [0.2, 0.25) is 0 Å². The number of hydrogen-bond donors (Lipinski definition) is 3. The molecule has 0 aliphatic rings. The quantitative estimate of drug-likeness (QED) is 0.755. The van der Waals surface area contributed by atoms with Gasteiger partial charge in [0.1, 0.15) is 0 Å².